The highest BCUT2D eigenvalue weighted by Crippen LogP contribution is 2.20. The number of carbonyl (C=O) groups excluding carboxylic acids is 2. The van der Waals surface area contributed by atoms with Gasteiger partial charge < -0.3 is 10.1 Å². The first kappa shape index (κ1) is 15.7. The van der Waals surface area contributed by atoms with Crippen LogP contribution in [0.25, 0.3) is 6.08 Å². The minimum Gasteiger partial charge on any atom is -0.453 e. The molecule has 0 unspecified atom stereocenters. The number of anilines is 2. The summed E-state index contributed by atoms with van der Waals surface area (Å²) < 4.78 is 17.9. The number of ether oxygens (including phenoxy) is 1. The van der Waals surface area contributed by atoms with Crippen LogP contribution in [0, 0.1) is 5.82 Å². The number of carbonyl (C=O) groups is 2. The number of nitrogens with one attached hydrogen (secondary N) is 2. The molecule has 0 fully saturated rings. The lowest BCUT2D eigenvalue weighted by Gasteiger charge is -2.08. The number of rotatable bonds is 4. The maximum Gasteiger partial charge on any atom is 0.411 e. The first-order chi connectivity index (χ1) is 10.6. The van der Waals surface area contributed by atoms with Crippen molar-refractivity contribution in [3.8, 4) is 0 Å². The van der Waals surface area contributed by atoms with Gasteiger partial charge in [0.25, 0.3) is 0 Å². The van der Waals surface area contributed by atoms with Gasteiger partial charge in [0, 0.05) is 11.8 Å². The van der Waals surface area contributed by atoms with Crippen molar-refractivity contribution in [3.05, 3.63) is 52.5 Å². The predicted molar refractivity (Wildman–Crippen MR) is 84.4 cm³/mol. The van der Waals surface area contributed by atoms with E-state index in [0.717, 1.165) is 11.6 Å². The summed E-state index contributed by atoms with van der Waals surface area (Å²) in [5, 5.41) is 8.61. The Morgan fingerprint density at radius 1 is 1.27 bits per heavy atom. The van der Waals surface area contributed by atoms with E-state index < -0.39 is 11.9 Å². The zero-order valence-electron chi connectivity index (χ0n) is 11.6. The second-order valence-corrected chi connectivity index (χ2v) is 4.97. The average molecular weight is 320 g/mol. The smallest absolute Gasteiger partial charge is 0.411 e. The second kappa shape index (κ2) is 7.37. The van der Waals surface area contributed by atoms with E-state index in [9.17, 15) is 14.0 Å². The molecule has 22 heavy (non-hydrogen) atoms. The maximum atomic E-state index is 13.5. The summed E-state index contributed by atoms with van der Waals surface area (Å²) in [7, 11) is 1.17. The van der Waals surface area contributed by atoms with E-state index in [-0.39, 0.29) is 11.6 Å². The Bertz CT molecular complexity index is 699. The minimum absolute atomic E-state index is 0.0773. The third kappa shape index (κ3) is 4.42. The van der Waals surface area contributed by atoms with E-state index >= 15 is 0 Å². The first-order valence-electron chi connectivity index (χ1n) is 6.24. The van der Waals surface area contributed by atoms with Crippen molar-refractivity contribution in [1.29, 1.82) is 0 Å². The van der Waals surface area contributed by atoms with Crippen molar-refractivity contribution in [1.82, 2.24) is 0 Å². The van der Waals surface area contributed by atoms with Crippen molar-refractivity contribution in [3.63, 3.8) is 0 Å². The summed E-state index contributed by atoms with van der Waals surface area (Å²) in [6.45, 7) is 0. The molecule has 1 heterocycles. The topological polar surface area (TPSA) is 67.4 Å². The fourth-order valence-corrected chi connectivity index (χ4v) is 2.21. The molecule has 2 N–H and O–H groups in total. The number of amides is 2. The van der Waals surface area contributed by atoms with E-state index in [1.807, 2.05) is 16.8 Å². The Morgan fingerprint density at radius 3 is 2.77 bits per heavy atom. The van der Waals surface area contributed by atoms with Gasteiger partial charge in [0.2, 0.25) is 5.91 Å². The van der Waals surface area contributed by atoms with Gasteiger partial charge in [-0.25, -0.2) is 9.18 Å². The monoisotopic (exact) mass is 320 g/mol. The minimum atomic E-state index is -0.792. The molecule has 2 amide bonds. The van der Waals surface area contributed by atoms with Crippen LogP contribution in [0.15, 0.2) is 41.1 Å². The lowest BCUT2D eigenvalue weighted by molar-refractivity contribution is -0.111. The molecule has 2 rings (SSSR count). The zero-order chi connectivity index (χ0) is 15.9. The highest BCUT2D eigenvalue weighted by atomic mass is 32.1. The molecule has 2 aromatic rings. The van der Waals surface area contributed by atoms with Crippen molar-refractivity contribution in [2.45, 2.75) is 0 Å². The Kier molecular flexibility index (Phi) is 5.26. The lowest BCUT2D eigenvalue weighted by Crippen LogP contribution is -2.13. The van der Waals surface area contributed by atoms with Crippen LogP contribution in [0.1, 0.15) is 5.56 Å². The van der Waals surface area contributed by atoms with Gasteiger partial charge in [-0.05, 0) is 46.7 Å². The standard InChI is InChI=1S/C15H13FN2O3S/c1-21-15(20)18-13-8-11(3-4-12(13)16)17-14(19)5-2-10-6-7-22-9-10/h2-9H,1H3,(H,17,19)(H,18,20)/b5-2-. The molecule has 7 heteroatoms. The molecule has 0 saturated heterocycles. The molecular weight excluding hydrogens is 307 g/mol. The normalized spacial score (nSPS) is 10.5. The summed E-state index contributed by atoms with van der Waals surface area (Å²) in [5.74, 6) is -0.987. The third-order valence-electron chi connectivity index (χ3n) is 2.63. The number of hydrogen-bond donors (Lipinski definition) is 2. The van der Waals surface area contributed by atoms with E-state index in [0.29, 0.717) is 5.69 Å². The van der Waals surface area contributed by atoms with E-state index in [4.69, 9.17) is 0 Å². The highest BCUT2D eigenvalue weighted by molar-refractivity contribution is 7.08. The summed E-state index contributed by atoms with van der Waals surface area (Å²) >= 11 is 1.53. The molecule has 0 bridgehead atoms. The van der Waals surface area contributed by atoms with Gasteiger partial charge in [-0.1, -0.05) is 0 Å². The number of methoxy groups -OCH3 is 1. The van der Waals surface area contributed by atoms with E-state index in [2.05, 4.69) is 15.4 Å². The molecule has 0 radical (unpaired) electrons. The number of halogens is 1. The third-order valence-corrected chi connectivity index (χ3v) is 3.33. The Labute approximate surface area is 130 Å². The average Bonchev–Trinajstić information content (AvgIpc) is 3.02. The van der Waals surface area contributed by atoms with Gasteiger partial charge in [-0.15, -0.1) is 0 Å². The van der Waals surface area contributed by atoms with Gasteiger partial charge in [0.15, 0.2) is 0 Å². The number of hydrogen-bond acceptors (Lipinski definition) is 4. The van der Waals surface area contributed by atoms with Crippen LogP contribution in [-0.4, -0.2) is 19.1 Å². The Hall–Kier alpha value is -2.67. The van der Waals surface area contributed by atoms with Gasteiger partial charge in [0.05, 0.1) is 12.8 Å². The Balaban J connectivity index is 2.04. The molecule has 0 saturated carbocycles. The fraction of sp³-hybridized carbons (Fsp3) is 0.0667. The fourth-order valence-electron chi connectivity index (χ4n) is 1.59. The lowest BCUT2D eigenvalue weighted by atomic mass is 10.2. The van der Waals surface area contributed by atoms with E-state index in [1.54, 1.807) is 6.08 Å². The van der Waals surface area contributed by atoms with Crippen LogP contribution < -0.4 is 10.6 Å². The SMILES string of the molecule is COC(=O)Nc1cc(NC(=O)/C=C\c2ccsc2)ccc1F. The van der Waals surface area contributed by atoms with Crippen molar-refractivity contribution < 1.29 is 18.7 Å². The number of benzene rings is 1. The largest absolute Gasteiger partial charge is 0.453 e. The van der Waals surface area contributed by atoms with Crippen LogP contribution >= 0.6 is 11.3 Å². The molecule has 1 aromatic carbocycles. The Morgan fingerprint density at radius 2 is 2.09 bits per heavy atom. The molecule has 0 spiro atoms. The van der Waals surface area contributed by atoms with Crippen LogP contribution in [0.2, 0.25) is 0 Å². The molecular formula is C15H13FN2O3S. The molecule has 0 aliphatic carbocycles. The highest BCUT2D eigenvalue weighted by Gasteiger charge is 2.08. The first-order valence-corrected chi connectivity index (χ1v) is 7.18. The summed E-state index contributed by atoms with van der Waals surface area (Å²) in [4.78, 5) is 22.9. The van der Waals surface area contributed by atoms with E-state index in [1.165, 1.54) is 36.7 Å². The van der Waals surface area contributed by atoms with Gasteiger partial charge in [-0.3, -0.25) is 10.1 Å². The van der Waals surface area contributed by atoms with Crippen molar-refractivity contribution >= 4 is 40.8 Å². The van der Waals surface area contributed by atoms with Crippen LogP contribution in [-0.2, 0) is 9.53 Å². The van der Waals surface area contributed by atoms with Crippen molar-refractivity contribution in [2.75, 3.05) is 17.7 Å². The van der Waals surface area contributed by atoms with Crippen LogP contribution in [0.5, 0.6) is 0 Å². The van der Waals surface area contributed by atoms with Gasteiger partial charge in [-0.2, -0.15) is 11.3 Å². The summed E-state index contributed by atoms with van der Waals surface area (Å²) in [6, 6.07) is 5.73. The van der Waals surface area contributed by atoms with Crippen LogP contribution in [0.4, 0.5) is 20.6 Å². The van der Waals surface area contributed by atoms with Crippen LogP contribution in [0.3, 0.4) is 0 Å². The van der Waals surface area contributed by atoms with Gasteiger partial charge >= 0.3 is 6.09 Å². The maximum absolute atomic E-state index is 13.5. The number of thiophene rings is 1. The summed E-state index contributed by atoms with van der Waals surface area (Å²) in [5.41, 5.74) is 1.20. The van der Waals surface area contributed by atoms with Gasteiger partial charge in [0.1, 0.15) is 5.82 Å². The summed E-state index contributed by atoms with van der Waals surface area (Å²) in [6.07, 6.45) is 2.25. The second-order valence-electron chi connectivity index (χ2n) is 4.19. The zero-order valence-corrected chi connectivity index (χ0v) is 12.4. The molecule has 114 valence electrons. The molecule has 5 nitrogen and oxygen atoms in total. The molecule has 0 aliphatic rings. The predicted octanol–water partition coefficient (Wildman–Crippen LogP) is 3.72. The molecule has 0 atom stereocenters. The molecule has 0 aliphatic heterocycles. The van der Waals surface area contributed by atoms with Crippen molar-refractivity contribution in [2.24, 2.45) is 0 Å². The molecule has 1 aromatic heterocycles. The quantitative estimate of drug-likeness (QED) is 0.844.